The highest BCUT2D eigenvalue weighted by atomic mass is 32.2. The van der Waals surface area contributed by atoms with Gasteiger partial charge in [0, 0.05) is 16.9 Å². The molecule has 0 aliphatic rings. The van der Waals surface area contributed by atoms with Crippen molar-refractivity contribution in [2.75, 3.05) is 11.8 Å². The van der Waals surface area contributed by atoms with Crippen molar-refractivity contribution in [2.24, 2.45) is 0 Å². The molecule has 0 bridgehead atoms. The average molecular weight is 338 g/mol. The molecule has 1 aromatic carbocycles. The van der Waals surface area contributed by atoms with E-state index >= 15 is 0 Å². The fraction of sp³-hybridized carbons (Fsp3) is 0.143. The predicted octanol–water partition coefficient (Wildman–Crippen LogP) is 3.48. The molecule has 0 saturated heterocycles. The Morgan fingerprint density at radius 3 is 2.81 bits per heavy atom. The number of hydrogen-bond donors (Lipinski definition) is 2. The third-order valence-electron chi connectivity index (χ3n) is 2.98. The summed E-state index contributed by atoms with van der Waals surface area (Å²) in [7, 11) is -1.68. The van der Waals surface area contributed by atoms with Gasteiger partial charge in [-0.2, -0.15) is 0 Å². The Balaban J connectivity index is 1.87. The lowest BCUT2D eigenvalue weighted by molar-refractivity contribution is 0.603. The summed E-state index contributed by atoms with van der Waals surface area (Å²) in [5, 5.41) is 7.90. The number of hydrogen-bond acceptors (Lipinski definition) is 5. The van der Waals surface area contributed by atoms with Crippen molar-refractivity contribution in [1.82, 2.24) is 5.32 Å². The molecule has 2 N–H and O–H groups in total. The van der Waals surface area contributed by atoms with E-state index < -0.39 is 10.0 Å². The average Bonchev–Trinajstić information content (AvgIpc) is 3.07. The van der Waals surface area contributed by atoms with E-state index in [0.717, 1.165) is 15.6 Å². The summed E-state index contributed by atoms with van der Waals surface area (Å²) in [5.74, 6) is 0. The maximum absolute atomic E-state index is 12.4. The summed E-state index contributed by atoms with van der Waals surface area (Å²) in [6, 6.07) is 9.25. The zero-order chi connectivity index (χ0) is 14.9. The Kier molecular flexibility index (Phi) is 3.99. The van der Waals surface area contributed by atoms with Crippen LogP contribution in [0, 0.1) is 0 Å². The quantitative estimate of drug-likeness (QED) is 0.749. The molecule has 0 aliphatic heterocycles. The molecular weight excluding hydrogens is 324 g/mol. The summed E-state index contributed by atoms with van der Waals surface area (Å²) < 4.78 is 28.9. The van der Waals surface area contributed by atoms with Crippen molar-refractivity contribution in [3.63, 3.8) is 0 Å². The van der Waals surface area contributed by atoms with Crippen LogP contribution in [-0.2, 0) is 16.6 Å². The van der Waals surface area contributed by atoms with Gasteiger partial charge in [0.1, 0.15) is 4.21 Å². The summed E-state index contributed by atoms with van der Waals surface area (Å²) in [5.41, 5.74) is 1.56. The van der Waals surface area contributed by atoms with Crippen molar-refractivity contribution in [3.05, 3.63) is 46.7 Å². The molecule has 0 saturated carbocycles. The number of anilines is 1. The van der Waals surface area contributed by atoms with Crippen LogP contribution in [-0.4, -0.2) is 15.5 Å². The summed E-state index contributed by atoms with van der Waals surface area (Å²) >= 11 is 2.87. The van der Waals surface area contributed by atoms with Crippen LogP contribution in [0.3, 0.4) is 0 Å². The van der Waals surface area contributed by atoms with Gasteiger partial charge in [-0.3, -0.25) is 4.72 Å². The summed E-state index contributed by atoms with van der Waals surface area (Å²) in [6.07, 6.45) is 0. The zero-order valence-corrected chi connectivity index (χ0v) is 13.7. The first-order valence-electron chi connectivity index (χ1n) is 6.30. The van der Waals surface area contributed by atoms with Crippen LogP contribution in [0.2, 0.25) is 0 Å². The second-order valence-corrected chi connectivity index (χ2v) is 8.35. The Bertz CT molecular complexity index is 865. The first-order valence-corrected chi connectivity index (χ1v) is 9.55. The fourth-order valence-corrected chi connectivity index (χ4v) is 5.06. The lowest BCUT2D eigenvalue weighted by atomic mass is 10.2. The molecule has 2 aromatic heterocycles. The molecular formula is C14H14N2O2S3. The van der Waals surface area contributed by atoms with E-state index in [0.29, 0.717) is 16.4 Å². The highest BCUT2D eigenvalue weighted by Gasteiger charge is 2.17. The molecule has 0 atom stereocenters. The first-order chi connectivity index (χ1) is 10.1. The van der Waals surface area contributed by atoms with Crippen LogP contribution in [0.4, 0.5) is 5.69 Å². The largest absolute Gasteiger partial charge is 0.316 e. The minimum Gasteiger partial charge on any atom is -0.316 e. The molecule has 2 heterocycles. The first kappa shape index (κ1) is 14.5. The van der Waals surface area contributed by atoms with Crippen molar-refractivity contribution in [1.29, 1.82) is 0 Å². The molecule has 0 aliphatic carbocycles. The molecule has 0 amide bonds. The summed E-state index contributed by atoms with van der Waals surface area (Å²) in [4.78, 5) is 0. The lowest BCUT2D eigenvalue weighted by Crippen LogP contribution is -2.11. The Morgan fingerprint density at radius 1 is 1.14 bits per heavy atom. The van der Waals surface area contributed by atoms with Crippen molar-refractivity contribution < 1.29 is 8.42 Å². The van der Waals surface area contributed by atoms with Gasteiger partial charge in [-0.25, -0.2) is 8.42 Å². The van der Waals surface area contributed by atoms with E-state index in [1.165, 1.54) is 11.3 Å². The number of benzene rings is 1. The third kappa shape index (κ3) is 3.11. The smallest absolute Gasteiger partial charge is 0.271 e. The van der Waals surface area contributed by atoms with E-state index in [2.05, 4.69) is 10.0 Å². The van der Waals surface area contributed by atoms with Gasteiger partial charge in [-0.15, -0.1) is 22.7 Å². The van der Waals surface area contributed by atoms with Crippen LogP contribution < -0.4 is 10.0 Å². The Labute approximate surface area is 131 Å². The van der Waals surface area contributed by atoms with Gasteiger partial charge in [0.2, 0.25) is 0 Å². The minimum absolute atomic E-state index is 0.332. The van der Waals surface area contributed by atoms with Crippen LogP contribution in [0.25, 0.3) is 10.1 Å². The number of thiophene rings is 2. The van der Waals surface area contributed by atoms with Crippen molar-refractivity contribution in [3.8, 4) is 0 Å². The molecule has 110 valence electrons. The Hall–Kier alpha value is -1.41. The van der Waals surface area contributed by atoms with E-state index in [4.69, 9.17) is 0 Å². The van der Waals surface area contributed by atoms with Gasteiger partial charge < -0.3 is 5.32 Å². The monoisotopic (exact) mass is 338 g/mol. The molecule has 3 rings (SSSR count). The minimum atomic E-state index is -3.52. The Morgan fingerprint density at radius 2 is 2.00 bits per heavy atom. The molecule has 4 nitrogen and oxygen atoms in total. The van der Waals surface area contributed by atoms with Crippen LogP contribution in [0.5, 0.6) is 0 Å². The van der Waals surface area contributed by atoms with Crippen LogP contribution >= 0.6 is 22.7 Å². The topological polar surface area (TPSA) is 58.2 Å². The second kappa shape index (κ2) is 5.76. The van der Waals surface area contributed by atoms with Crippen molar-refractivity contribution >= 4 is 48.5 Å². The van der Waals surface area contributed by atoms with Gasteiger partial charge in [-0.1, -0.05) is 0 Å². The molecule has 7 heteroatoms. The van der Waals surface area contributed by atoms with Gasteiger partial charge in [0.25, 0.3) is 10.0 Å². The summed E-state index contributed by atoms with van der Waals surface area (Å²) in [6.45, 7) is 0.660. The molecule has 21 heavy (non-hydrogen) atoms. The van der Waals surface area contributed by atoms with E-state index in [9.17, 15) is 8.42 Å². The molecule has 3 aromatic rings. The molecule has 0 unspecified atom stereocenters. The maximum atomic E-state index is 12.4. The fourth-order valence-electron chi connectivity index (χ4n) is 2.03. The third-order valence-corrected chi connectivity index (χ3v) is 6.75. The predicted molar refractivity (Wildman–Crippen MR) is 89.7 cm³/mol. The van der Waals surface area contributed by atoms with Crippen LogP contribution in [0.1, 0.15) is 5.56 Å². The second-order valence-electron chi connectivity index (χ2n) is 4.58. The highest BCUT2D eigenvalue weighted by Crippen LogP contribution is 2.27. The SMILES string of the molecule is CNCc1csc(S(=O)(=O)Nc2ccc3sccc3c2)c1. The normalized spacial score (nSPS) is 11.9. The highest BCUT2D eigenvalue weighted by molar-refractivity contribution is 7.94. The van der Waals surface area contributed by atoms with Gasteiger partial charge in [-0.05, 0) is 59.1 Å². The number of rotatable bonds is 5. The number of fused-ring (bicyclic) bond motifs is 1. The molecule has 0 fully saturated rings. The number of sulfonamides is 1. The lowest BCUT2D eigenvalue weighted by Gasteiger charge is -2.06. The van der Waals surface area contributed by atoms with Gasteiger partial charge in [0.05, 0.1) is 0 Å². The maximum Gasteiger partial charge on any atom is 0.271 e. The van der Waals surface area contributed by atoms with Crippen LogP contribution in [0.15, 0.2) is 45.3 Å². The zero-order valence-electron chi connectivity index (χ0n) is 11.3. The standard InChI is InChI=1S/C14H14N2O2S3/c1-15-8-10-6-14(20-9-10)21(17,18)16-12-2-3-13-11(7-12)4-5-19-13/h2-7,9,15-16H,8H2,1H3. The molecule has 0 radical (unpaired) electrons. The van der Waals surface area contributed by atoms with E-state index in [1.807, 2.05) is 36.0 Å². The van der Waals surface area contributed by atoms with Gasteiger partial charge >= 0.3 is 0 Å². The van der Waals surface area contributed by atoms with Crippen molar-refractivity contribution in [2.45, 2.75) is 10.8 Å². The van der Waals surface area contributed by atoms with E-state index in [1.54, 1.807) is 23.5 Å². The molecule has 0 spiro atoms. The van der Waals surface area contributed by atoms with E-state index in [-0.39, 0.29) is 0 Å². The van der Waals surface area contributed by atoms with Gasteiger partial charge in [0.15, 0.2) is 0 Å². The number of nitrogens with one attached hydrogen (secondary N) is 2.